The van der Waals surface area contributed by atoms with Crippen LogP contribution >= 0.6 is 0 Å². The van der Waals surface area contributed by atoms with E-state index in [0.29, 0.717) is 23.6 Å². The van der Waals surface area contributed by atoms with E-state index in [9.17, 15) is 24.5 Å². The number of nitrogens with zero attached hydrogens (tertiary/aromatic N) is 1. The molecule has 1 N–H and O–H groups in total. The summed E-state index contributed by atoms with van der Waals surface area (Å²) in [5.74, 6) is -0.702. The highest BCUT2D eigenvalue weighted by molar-refractivity contribution is 5.98. The number of benzene rings is 2. The summed E-state index contributed by atoms with van der Waals surface area (Å²) in [7, 11) is 0. The van der Waals surface area contributed by atoms with Crippen molar-refractivity contribution in [2.45, 2.75) is 33.1 Å². The summed E-state index contributed by atoms with van der Waals surface area (Å²) in [5, 5.41) is 13.7. The summed E-state index contributed by atoms with van der Waals surface area (Å²) in [4.78, 5) is 46.3. The Morgan fingerprint density at radius 2 is 1.77 bits per heavy atom. The van der Waals surface area contributed by atoms with E-state index < -0.39 is 23.3 Å². The van der Waals surface area contributed by atoms with Crippen LogP contribution < -0.4 is 10.1 Å². The third kappa shape index (κ3) is 7.54. The minimum atomic E-state index is -0.621. The fourth-order valence-electron chi connectivity index (χ4n) is 2.70. The Morgan fingerprint density at radius 1 is 1.06 bits per heavy atom. The number of hydrogen-bond acceptors (Lipinski definition) is 7. The average molecular weight is 428 g/mol. The largest absolute Gasteiger partial charge is 0.494 e. The van der Waals surface area contributed by atoms with E-state index in [1.807, 2.05) is 6.92 Å². The van der Waals surface area contributed by atoms with Gasteiger partial charge in [-0.25, -0.2) is 0 Å². The van der Waals surface area contributed by atoms with Crippen LogP contribution in [0, 0.1) is 17.0 Å². The van der Waals surface area contributed by atoms with Gasteiger partial charge in [0.15, 0.2) is 6.61 Å². The predicted molar refractivity (Wildman–Crippen MR) is 113 cm³/mol. The van der Waals surface area contributed by atoms with Crippen LogP contribution in [0.5, 0.6) is 5.75 Å². The second kappa shape index (κ2) is 11.4. The quantitative estimate of drug-likeness (QED) is 0.249. The molecule has 0 aliphatic heterocycles. The fraction of sp³-hybridized carbons (Fsp3) is 0.318. The average Bonchev–Trinajstić information content (AvgIpc) is 2.73. The van der Waals surface area contributed by atoms with Crippen LogP contribution in [0.2, 0.25) is 0 Å². The van der Waals surface area contributed by atoms with Gasteiger partial charge in [-0.3, -0.25) is 24.5 Å². The Kier molecular flexibility index (Phi) is 8.68. The number of ketones is 1. The molecule has 1 amide bonds. The molecule has 0 fully saturated rings. The lowest BCUT2D eigenvalue weighted by atomic mass is 10.1. The smallest absolute Gasteiger partial charge is 0.306 e. The SMILES string of the molecule is CCOc1ccc(NC(=O)CCCC(=O)OCC(=O)c2ccc(C)c([N+](=O)[O-])c2)cc1. The number of ether oxygens (including phenoxy) is 2. The monoisotopic (exact) mass is 428 g/mol. The number of nitrogens with one attached hydrogen (secondary N) is 1. The van der Waals surface area contributed by atoms with Crippen molar-refractivity contribution in [3.8, 4) is 5.75 Å². The number of aryl methyl sites for hydroxylation is 1. The summed E-state index contributed by atoms with van der Waals surface area (Å²) in [6, 6.07) is 11.0. The van der Waals surface area contributed by atoms with E-state index in [2.05, 4.69) is 5.32 Å². The normalized spacial score (nSPS) is 10.3. The molecule has 0 saturated carbocycles. The second-order valence-corrected chi connectivity index (χ2v) is 6.70. The molecular weight excluding hydrogens is 404 g/mol. The highest BCUT2D eigenvalue weighted by Crippen LogP contribution is 2.20. The molecule has 0 spiro atoms. The lowest BCUT2D eigenvalue weighted by molar-refractivity contribution is -0.385. The van der Waals surface area contributed by atoms with Crippen LogP contribution in [0.1, 0.15) is 42.1 Å². The highest BCUT2D eigenvalue weighted by Gasteiger charge is 2.16. The third-order valence-corrected chi connectivity index (χ3v) is 4.33. The van der Waals surface area contributed by atoms with Crippen molar-refractivity contribution in [3.63, 3.8) is 0 Å². The van der Waals surface area contributed by atoms with E-state index in [1.54, 1.807) is 31.2 Å². The molecule has 0 aromatic heterocycles. The van der Waals surface area contributed by atoms with Crippen LogP contribution in [0.4, 0.5) is 11.4 Å². The van der Waals surface area contributed by atoms with E-state index in [4.69, 9.17) is 9.47 Å². The standard InChI is InChI=1S/C22H24N2O7/c1-3-30-18-11-9-17(10-12-18)23-21(26)5-4-6-22(27)31-14-20(25)16-8-7-15(2)19(13-16)24(28)29/h7-13H,3-6,14H2,1-2H3,(H,23,26). The molecule has 31 heavy (non-hydrogen) atoms. The first-order valence-corrected chi connectivity index (χ1v) is 9.76. The number of anilines is 1. The van der Waals surface area contributed by atoms with Gasteiger partial charge in [0.25, 0.3) is 5.69 Å². The summed E-state index contributed by atoms with van der Waals surface area (Å²) < 4.78 is 10.2. The number of nitro benzene ring substituents is 1. The van der Waals surface area contributed by atoms with Gasteiger partial charge in [-0.1, -0.05) is 12.1 Å². The Hall–Kier alpha value is -3.75. The minimum absolute atomic E-state index is 0.0297. The molecule has 0 unspecified atom stereocenters. The molecule has 164 valence electrons. The summed E-state index contributed by atoms with van der Waals surface area (Å²) in [6.07, 6.45) is 0.338. The van der Waals surface area contributed by atoms with Gasteiger partial charge in [-0.2, -0.15) is 0 Å². The van der Waals surface area contributed by atoms with Crippen LogP contribution in [-0.2, 0) is 14.3 Å². The number of carbonyl (C=O) groups is 3. The molecule has 0 radical (unpaired) electrons. The lowest BCUT2D eigenvalue weighted by Crippen LogP contribution is -2.15. The van der Waals surface area contributed by atoms with E-state index in [0.717, 1.165) is 6.07 Å². The van der Waals surface area contributed by atoms with Crippen LogP contribution in [-0.4, -0.2) is 35.8 Å². The Balaban J connectivity index is 1.72. The summed E-state index contributed by atoms with van der Waals surface area (Å²) >= 11 is 0. The summed E-state index contributed by atoms with van der Waals surface area (Å²) in [5.41, 5.74) is 0.978. The number of carbonyl (C=O) groups excluding carboxylic acids is 3. The molecule has 9 nitrogen and oxygen atoms in total. The van der Waals surface area contributed by atoms with E-state index in [-0.39, 0.29) is 36.4 Å². The second-order valence-electron chi connectivity index (χ2n) is 6.70. The van der Waals surface area contributed by atoms with Gasteiger partial charge in [-0.05, 0) is 44.5 Å². The van der Waals surface area contributed by atoms with E-state index in [1.165, 1.54) is 12.1 Å². The number of nitro groups is 1. The van der Waals surface area contributed by atoms with Crippen molar-refractivity contribution >= 4 is 29.0 Å². The highest BCUT2D eigenvalue weighted by atomic mass is 16.6. The third-order valence-electron chi connectivity index (χ3n) is 4.33. The molecule has 0 bridgehead atoms. The molecule has 0 atom stereocenters. The zero-order valence-electron chi connectivity index (χ0n) is 17.4. The van der Waals surface area contributed by atoms with Crippen molar-refractivity contribution in [2.24, 2.45) is 0 Å². The van der Waals surface area contributed by atoms with Gasteiger partial charge in [-0.15, -0.1) is 0 Å². The van der Waals surface area contributed by atoms with Gasteiger partial charge < -0.3 is 14.8 Å². The maximum Gasteiger partial charge on any atom is 0.306 e. The van der Waals surface area contributed by atoms with Gasteiger partial charge >= 0.3 is 5.97 Å². The van der Waals surface area contributed by atoms with Crippen molar-refractivity contribution in [1.29, 1.82) is 0 Å². The van der Waals surface area contributed by atoms with Gasteiger partial charge in [0.05, 0.1) is 11.5 Å². The van der Waals surface area contributed by atoms with Crippen LogP contribution in [0.25, 0.3) is 0 Å². The molecule has 9 heteroatoms. The van der Waals surface area contributed by atoms with Crippen LogP contribution in [0.3, 0.4) is 0 Å². The molecule has 2 aromatic rings. The molecule has 0 aliphatic carbocycles. The molecule has 0 heterocycles. The number of Topliss-reactive ketones (excluding diaryl/α,β-unsaturated/α-hetero) is 1. The molecule has 0 aliphatic rings. The first-order valence-electron chi connectivity index (χ1n) is 9.76. The number of esters is 1. The zero-order valence-corrected chi connectivity index (χ0v) is 17.4. The maximum atomic E-state index is 12.1. The molecule has 2 aromatic carbocycles. The number of hydrogen-bond donors (Lipinski definition) is 1. The van der Waals surface area contributed by atoms with E-state index >= 15 is 0 Å². The topological polar surface area (TPSA) is 125 Å². The van der Waals surface area contributed by atoms with Crippen LogP contribution in [0.15, 0.2) is 42.5 Å². The Labute approximate surface area is 179 Å². The van der Waals surface area contributed by atoms with Crippen molar-refractivity contribution < 1.29 is 28.8 Å². The number of rotatable bonds is 11. The first kappa shape index (κ1) is 23.5. The van der Waals surface area contributed by atoms with Crippen molar-refractivity contribution in [2.75, 3.05) is 18.5 Å². The van der Waals surface area contributed by atoms with Crippen molar-refractivity contribution in [3.05, 3.63) is 63.7 Å². The number of amides is 1. The van der Waals surface area contributed by atoms with Crippen molar-refractivity contribution in [1.82, 2.24) is 0 Å². The molecular formula is C22H24N2O7. The van der Waals surface area contributed by atoms with Gasteiger partial charge in [0.2, 0.25) is 11.7 Å². The first-order chi connectivity index (χ1) is 14.8. The molecule has 0 saturated heterocycles. The van der Waals surface area contributed by atoms with Gasteiger partial charge in [0, 0.05) is 35.7 Å². The summed E-state index contributed by atoms with van der Waals surface area (Å²) in [6.45, 7) is 3.49. The Bertz CT molecular complexity index is 955. The van der Waals surface area contributed by atoms with Gasteiger partial charge in [0.1, 0.15) is 5.75 Å². The maximum absolute atomic E-state index is 12.1. The fourth-order valence-corrected chi connectivity index (χ4v) is 2.70. The Morgan fingerprint density at radius 3 is 2.42 bits per heavy atom. The zero-order chi connectivity index (χ0) is 22.8. The minimum Gasteiger partial charge on any atom is -0.494 e. The predicted octanol–water partition coefficient (Wildman–Crippen LogP) is 3.84. The molecule has 2 rings (SSSR count). The lowest BCUT2D eigenvalue weighted by Gasteiger charge is -2.07.